The number of halogens is 1. The largest absolute Gasteiger partial charge is 0.382 e. The summed E-state index contributed by atoms with van der Waals surface area (Å²) in [4.78, 5) is 0. The lowest BCUT2D eigenvalue weighted by Crippen LogP contribution is -2.09. The lowest BCUT2D eigenvalue weighted by Gasteiger charge is -2.11. The van der Waals surface area contributed by atoms with E-state index in [9.17, 15) is 0 Å². The van der Waals surface area contributed by atoms with Crippen LogP contribution < -0.4 is 0 Å². The second-order valence-electron chi connectivity index (χ2n) is 3.55. The molecule has 0 aromatic rings. The number of alkyl halides is 1. The molecule has 0 heterocycles. The smallest absolute Gasteiger partial charge is 0.0471 e. The summed E-state index contributed by atoms with van der Waals surface area (Å²) in [6.07, 6.45) is 2.44. The number of rotatable bonds is 5. The van der Waals surface area contributed by atoms with Crippen molar-refractivity contribution in [1.82, 2.24) is 0 Å². The maximum atomic E-state index is 5.87. The highest BCUT2D eigenvalue weighted by atomic mass is 35.5. The SMILES string of the molecule is CCOCCC1(CCl)CC1C. The first-order valence-electron chi connectivity index (χ1n) is 4.39. The molecule has 0 amide bonds. The predicted octanol–water partition coefficient (Wildman–Crippen LogP) is 2.68. The van der Waals surface area contributed by atoms with E-state index in [0.29, 0.717) is 5.41 Å². The summed E-state index contributed by atoms with van der Waals surface area (Å²) in [5.74, 6) is 1.63. The predicted molar refractivity (Wildman–Crippen MR) is 48.0 cm³/mol. The van der Waals surface area contributed by atoms with E-state index in [1.54, 1.807) is 0 Å². The fourth-order valence-corrected chi connectivity index (χ4v) is 2.08. The molecule has 2 unspecified atom stereocenters. The van der Waals surface area contributed by atoms with E-state index in [4.69, 9.17) is 16.3 Å². The van der Waals surface area contributed by atoms with E-state index >= 15 is 0 Å². The van der Waals surface area contributed by atoms with E-state index in [1.807, 2.05) is 6.92 Å². The molecule has 0 aromatic carbocycles. The minimum absolute atomic E-state index is 0.441. The van der Waals surface area contributed by atoms with Gasteiger partial charge in [0.1, 0.15) is 0 Å². The molecule has 1 nitrogen and oxygen atoms in total. The fourth-order valence-electron chi connectivity index (χ4n) is 1.57. The Morgan fingerprint density at radius 1 is 1.64 bits per heavy atom. The molecule has 0 bridgehead atoms. The maximum Gasteiger partial charge on any atom is 0.0471 e. The molecule has 2 heteroatoms. The summed E-state index contributed by atoms with van der Waals surface area (Å²) >= 11 is 5.87. The Morgan fingerprint density at radius 3 is 2.64 bits per heavy atom. The Kier molecular flexibility index (Phi) is 3.20. The monoisotopic (exact) mass is 176 g/mol. The minimum Gasteiger partial charge on any atom is -0.382 e. The average molecular weight is 177 g/mol. The zero-order valence-corrected chi connectivity index (χ0v) is 8.16. The van der Waals surface area contributed by atoms with Crippen molar-refractivity contribution >= 4 is 11.6 Å². The Morgan fingerprint density at radius 2 is 2.27 bits per heavy atom. The van der Waals surface area contributed by atoms with Gasteiger partial charge >= 0.3 is 0 Å². The van der Waals surface area contributed by atoms with E-state index in [-0.39, 0.29) is 0 Å². The molecular formula is C9H17ClO. The molecule has 0 saturated heterocycles. The highest BCUT2D eigenvalue weighted by Crippen LogP contribution is 2.55. The van der Waals surface area contributed by atoms with Crippen molar-refractivity contribution in [2.75, 3.05) is 19.1 Å². The number of hydrogen-bond acceptors (Lipinski definition) is 1. The standard InChI is InChI=1S/C9H17ClO/c1-3-11-5-4-9(7-10)6-8(9)2/h8H,3-7H2,1-2H3. The van der Waals surface area contributed by atoms with Gasteiger partial charge in [0.25, 0.3) is 0 Å². The zero-order chi connectivity index (χ0) is 8.32. The van der Waals surface area contributed by atoms with Crippen LogP contribution in [0.25, 0.3) is 0 Å². The van der Waals surface area contributed by atoms with Crippen molar-refractivity contribution in [2.24, 2.45) is 11.3 Å². The minimum atomic E-state index is 0.441. The van der Waals surface area contributed by atoms with Gasteiger partial charge in [-0.05, 0) is 31.1 Å². The van der Waals surface area contributed by atoms with E-state index in [0.717, 1.165) is 31.4 Å². The molecule has 0 aliphatic heterocycles. The van der Waals surface area contributed by atoms with Gasteiger partial charge in [0, 0.05) is 19.1 Å². The van der Waals surface area contributed by atoms with E-state index in [1.165, 1.54) is 6.42 Å². The highest BCUT2D eigenvalue weighted by molar-refractivity contribution is 6.18. The van der Waals surface area contributed by atoms with E-state index in [2.05, 4.69) is 6.92 Å². The van der Waals surface area contributed by atoms with Crippen molar-refractivity contribution < 1.29 is 4.74 Å². The molecule has 1 aliphatic carbocycles. The van der Waals surface area contributed by atoms with Gasteiger partial charge in [0.15, 0.2) is 0 Å². The first kappa shape index (κ1) is 9.34. The molecule has 11 heavy (non-hydrogen) atoms. The third-order valence-electron chi connectivity index (χ3n) is 2.81. The van der Waals surface area contributed by atoms with Gasteiger partial charge in [0.05, 0.1) is 0 Å². The normalized spacial score (nSPS) is 35.7. The van der Waals surface area contributed by atoms with Crippen LogP contribution in [0.3, 0.4) is 0 Å². The second kappa shape index (κ2) is 3.77. The average Bonchev–Trinajstić information content (AvgIpc) is 2.64. The first-order chi connectivity index (χ1) is 5.25. The summed E-state index contributed by atoms with van der Waals surface area (Å²) in [5.41, 5.74) is 0.441. The van der Waals surface area contributed by atoms with Gasteiger partial charge in [-0.25, -0.2) is 0 Å². The fraction of sp³-hybridized carbons (Fsp3) is 1.00. The summed E-state index contributed by atoms with van der Waals surface area (Å²) in [7, 11) is 0. The lowest BCUT2D eigenvalue weighted by atomic mass is 10.0. The van der Waals surface area contributed by atoms with Crippen molar-refractivity contribution in [3.05, 3.63) is 0 Å². The van der Waals surface area contributed by atoms with Crippen LogP contribution in [0.4, 0.5) is 0 Å². The van der Waals surface area contributed by atoms with Crippen LogP contribution in [0, 0.1) is 11.3 Å². The van der Waals surface area contributed by atoms with Gasteiger partial charge < -0.3 is 4.74 Å². The molecule has 0 radical (unpaired) electrons. The Bertz CT molecular complexity index is 123. The molecule has 0 N–H and O–H groups in total. The molecule has 1 rings (SSSR count). The molecule has 1 fully saturated rings. The van der Waals surface area contributed by atoms with E-state index < -0.39 is 0 Å². The summed E-state index contributed by atoms with van der Waals surface area (Å²) in [6, 6.07) is 0. The van der Waals surface area contributed by atoms with Crippen LogP contribution in [-0.4, -0.2) is 19.1 Å². The zero-order valence-electron chi connectivity index (χ0n) is 7.40. The molecule has 66 valence electrons. The molecule has 1 saturated carbocycles. The summed E-state index contributed by atoms with van der Waals surface area (Å²) in [6.45, 7) is 6.01. The second-order valence-corrected chi connectivity index (χ2v) is 3.82. The summed E-state index contributed by atoms with van der Waals surface area (Å²) in [5, 5.41) is 0. The first-order valence-corrected chi connectivity index (χ1v) is 4.92. The van der Waals surface area contributed by atoms with Crippen molar-refractivity contribution in [2.45, 2.75) is 26.7 Å². The van der Waals surface area contributed by atoms with Gasteiger partial charge in [0.2, 0.25) is 0 Å². The van der Waals surface area contributed by atoms with Crippen LogP contribution in [0.5, 0.6) is 0 Å². The number of ether oxygens (including phenoxy) is 1. The Balaban J connectivity index is 2.14. The van der Waals surface area contributed by atoms with Gasteiger partial charge in [-0.1, -0.05) is 6.92 Å². The third-order valence-corrected chi connectivity index (χ3v) is 3.34. The molecule has 0 spiro atoms. The third kappa shape index (κ3) is 2.09. The molecular weight excluding hydrogens is 160 g/mol. The van der Waals surface area contributed by atoms with Gasteiger partial charge in [-0.3, -0.25) is 0 Å². The maximum absolute atomic E-state index is 5.87. The topological polar surface area (TPSA) is 9.23 Å². The molecule has 1 aliphatic rings. The van der Waals surface area contributed by atoms with Gasteiger partial charge in [-0.2, -0.15) is 0 Å². The Labute approximate surface area is 74.1 Å². The van der Waals surface area contributed by atoms with Gasteiger partial charge in [-0.15, -0.1) is 11.6 Å². The highest BCUT2D eigenvalue weighted by Gasteiger charge is 2.49. The van der Waals surface area contributed by atoms with Crippen LogP contribution in [-0.2, 0) is 4.74 Å². The lowest BCUT2D eigenvalue weighted by molar-refractivity contribution is 0.129. The quantitative estimate of drug-likeness (QED) is 0.463. The van der Waals surface area contributed by atoms with Crippen molar-refractivity contribution in [3.63, 3.8) is 0 Å². The molecule has 2 atom stereocenters. The van der Waals surface area contributed by atoms with Crippen molar-refractivity contribution in [1.29, 1.82) is 0 Å². The summed E-state index contributed by atoms with van der Waals surface area (Å²) < 4.78 is 5.30. The van der Waals surface area contributed by atoms with Crippen LogP contribution in [0.1, 0.15) is 26.7 Å². The van der Waals surface area contributed by atoms with Crippen LogP contribution in [0.15, 0.2) is 0 Å². The van der Waals surface area contributed by atoms with Crippen LogP contribution >= 0.6 is 11.6 Å². The van der Waals surface area contributed by atoms with Crippen molar-refractivity contribution in [3.8, 4) is 0 Å². The van der Waals surface area contributed by atoms with Crippen LogP contribution in [0.2, 0.25) is 0 Å². The molecule has 0 aromatic heterocycles. The number of hydrogen-bond donors (Lipinski definition) is 0. The Hall–Kier alpha value is 0.250.